The predicted molar refractivity (Wildman–Crippen MR) is 94.3 cm³/mol. The Morgan fingerprint density at radius 1 is 1.17 bits per heavy atom. The van der Waals surface area contributed by atoms with Crippen LogP contribution in [0.4, 0.5) is 0 Å². The molecule has 130 valence electrons. The zero-order valence-corrected chi connectivity index (χ0v) is 14.7. The molecule has 1 N–H and O–H groups in total. The van der Waals surface area contributed by atoms with Crippen LogP contribution in [0.5, 0.6) is 5.75 Å². The van der Waals surface area contributed by atoms with Gasteiger partial charge in [0.1, 0.15) is 5.75 Å². The smallest absolute Gasteiger partial charge is 0.253 e. The summed E-state index contributed by atoms with van der Waals surface area (Å²) in [5, 5.41) is 3.21. The summed E-state index contributed by atoms with van der Waals surface area (Å²) in [4.78, 5) is 28.6. The van der Waals surface area contributed by atoms with Crippen LogP contribution in [0, 0.1) is 0 Å². The molecule has 1 aromatic rings. The van der Waals surface area contributed by atoms with Crippen molar-refractivity contribution in [2.75, 3.05) is 44.4 Å². The molecule has 1 atom stereocenters. The lowest BCUT2D eigenvalue weighted by Crippen LogP contribution is -2.54. The third-order valence-corrected chi connectivity index (χ3v) is 5.25. The van der Waals surface area contributed by atoms with Crippen molar-refractivity contribution in [3.8, 4) is 5.75 Å². The van der Waals surface area contributed by atoms with Crippen LogP contribution in [0.3, 0.4) is 0 Å². The number of carbonyl (C=O) groups is 2. The molecule has 2 fully saturated rings. The predicted octanol–water partition coefficient (Wildman–Crippen LogP) is 1.03. The van der Waals surface area contributed by atoms with Crippen LogP contribution in [0.2, 0.25) is 0 Å². The molecule has 1 aromatic carbocycles. The van der Waals surface area contributed by atoms with Crippen molar-refractivity contribution in [3.05, 3.63) is 29.8 Å². The minimum atomic E-state index is -0.0663. The fraction of sp³-hybridized carbons (Fsp3) is 0.529. The minimum absolute atomic E-state index is 0.0136. The van der Waals surface area contributed by atoms with Crippen LogP contribution in [0.25, 0.3) is 0 Å². The molecule has 0 bridgehead atoms. The van der Waals surface area contributed by atoms with E-state index in [1.807, 2.05) is 28.9 Å². The molecule has 2 amide bonds. The molecule has 24 heavy (non-hydrogen) atoms. The van der Waals surface area contributed by atoms with Gasteiger partial charge in [0.2, 0.25) is 5.91 Å². The lowest BCUT2D eigenvalue weighted by Gasteiger charge is -2.36. The average Bonchev–Trinajstić information content (AvgIpc) is 3.16. The zero-order chi connectivity index (χ0) is 16.9. The van der Waals surface area contributed by atoms with Crippen LogP contribution < -0.4 is 10.1 Å². The van der Waals surface area contributed by atoms with Gasteiger partial charge in [-0.25, -0.2) is 0 Å². The van der Waals surface area contributed by atoms with E-state index in [2.05, 4.69) is 5.32 Å². The third-order valence-electron chi connectivity index (χ3n) is 4.31. The summed E-state index contributed by atoms with van der Waals surface area (Å²) in [5.74, 6) is 2.62. The number of ether oxygens (including phenoxy) is 1. The number of amides is 2. The van der Waals surface area contributed by atoms with Gasteiger partial charge in [0.25, 0.3) is 5.91 Å². The summed E-state index contributed by atoms with van der Waals surface area (Å²) >= 11 is 1.75. The molecule has 2 saturated heterocycles. The van der Waals surface area contributed by atoms with Gasteiger partial charge in [-0.15, -0.1) is 11.8 Å². The SMILES string of the molecule is CCOc1ccc(C(=O)N2CCN(C(=O)C3CSCN3)CC2)cc1. The first kappa shape index (κ1) is 17.1. The maximum Gasteiger partial charge on any atom is 0.253 e. The number of hydrogen-bond donors (Lipinski definition) is 1. The molecule has 0 aromatic heterocycles. The number of piperazine rings is 1. The lowest BCUT2D eigenvalue weighted by atomic mass is 10.1. The van der Waals surface area contributed by atoms with Gasteiger partial charge in [-0.2, -0.15) is 0 Å². The van der Waals surface area contributed by atoms with E-state index in [0.29, 0.717) is 38.3 Å². The van der Waals surface area contributed by atoms with Crippen molar-refractivity contribution in [2.24, 2.45) is 0 Å². The van der Waals surface area contributed by atoms with Crippen LogP contribution in [0.15, 0.2) is 24.3 Å². The lowest BCUT2D eigenvalue weighted by molar-refractivity contribution is -0.134. The summed E-state index contributed by atoms with van der Waals surface area (Å²) in [6.07, 6.45) is 0. The van der Waals surface area contributed by atoms with Crippen LogP contribution >= 0.6 is 11.8 Å². The van der Waals surface area contributed by atoms with Crippen LogP contribution in [-0.2, 0) is 4.79 Å². The van der Waals surface area contributed by atoms with E-state index < -0.39 is 0 Å². The Hall–Kier alpha value is -1.73. The first-order chi connectivity index (χ1) is 11.7. The van der Waals surface area contributed by atoms with E-state index in [-0.39, 0.29) is 17.9 Å². The molecule has 0 saturated carbocycles. The molecular weight excluding hydrogens is 326 g/mol. The van der Waals surface area contributed by atoms with Crippen molar-refractivity contribution in [2.45, 2.75) is 13.0 Å². The van der Waals surface area contributed by atoms with Gasteiger partial charge >= 0.3 is 0 Å². The maximum atomic E-state index is 12.6. The fourth-order valence-corrected chi connectivity index (χ4v) is 3.88. The Kier molecular flexibility index (Phi) is 5.63. The summed E-state index contributed by atoms with van der Waals surface area (Å²) in [7, 11) is 0. The van der Waals surface area contributed by atoms with Gasteiger partial charge in [0, 0.05) is 43.4 Å². The molecular formula is C17H23N3O3S. The first-order valence-electron chi connectivity index (χ1n) is 8.31. The number of carbonyl (C=O) groups excluding carboxylic acids is 2. The highest BCUT2D eigenvalue weighted by atomic mass is 32.2. The molecule has 1 unspecified atom stereocenters. The highest BCUT2D eigenvalue weighted by molar-refractivity contribution is 7.99. The Bertz CT molecular complexity index is 579. The van der Waals surface area contributed by atoms with Crippen molar-refractivity contribution in [3.63, 3.8) is 0 Å². The molecule has 0 radical (unpaired) electrons. The Labute approximate surface area is 146 Å². The second kappa shape index (κ2) is 7.90. The van der Waals surface area contributed by atoms with E-state index in [9.17, 15) is 9.59 Å². The van der Waals surface area contributed by atoms with E-state index in [4.69, 9.17) is 4.74 Å². The maximum absolute atomic E-state index is 12.6. The zero-order valence-electron chi connectivity index (χ0n) is 13.9. The summed E-state index contributed by atoms with van der Waals surface area (Å²) < 4.78 is 5.40. The summed E-state index contributed by atoms with van der Waals surface area (Å²) in [6, 6.07) is 7.16. The Balaban J connectivity index is 1.53. The largest absolute Gasteiger partial charge is 0.494 e. The van der Waals surface area contributed by atoms with E-state index in [0.717, 1.165) is 17.4 Å². The monoisotopic (exact) mass is 349 g/mol. The number of nitrogens with zero attached hydrogens (tertiary/aromatic N) is 2. The molecule has 3 rings (SSSR count). The van der Waals surface area contributed by atoms with Crippen LogP contribution in [0.1, 0.15) is 17.3 Å². The normalized spacial score (nSPS) is 21.0. The third kappa shape index (κ3) is 3.84. The van der Waals surface area contributed by atoms with Gasteiger partial charge in [-0.1, -0.05) is 0 Å². The molecule has 7 heteroatoms. The molecule has 6 nitrogen and oxygen atoms in total. The minimum Gasteiger partial charge on any atom is -0.494 e. The second-order valence-corrected chi connectivity index (χ2v) is 6.88. The highest BCUT2D eigenvalue weighted by Gasteiger charge is 2.30. The van der Waals surface area contributed by atoms with E-state index in [1.165, 1.54) is 0 Å². The molecule has 0 aliphatic carbocycles. The van der Waals surface area contributed by atoms with Gasteiger partial charge in [0.05, 0.1) is 12.6 Å². The number of rotatable bonds is 4. The second-order valence-electron chi connectivity index (χ2n) is 5.85. The van der Waals surface area contributed by atoms with Crippen molar-refractivity contribution >= 4 is 23.6 Å². The molecule has 2 heterocycles. The Morgan fingerprint density at radius 3 is 2.42 bits per heavy atom. The average molecular weight is 349 g/mol. The topological polar surface area (TPSA) is 61.9 Å². The Morgan fingerprint density at radius 2 is 1.83 bits per heavy atom. The quantitative estimate of drug-likeness (QED) is 0.880. The van der Waals surface area contributed by atoms with Crippen molar-refractivity contribution in [1.29, 1.82) is 0 Å². The van der Waals surface area contributed by atoms with Crippen LogP contribution in [-0.4, -0.2) is 72.1 Å². The molecule has 2 aliphatic rings. The van der Waals surface area contributed by atoms with Gasteiger partial charge in [0.15, 0.2) is 0 Å². The van der Waals surface area contributed by atoms with E-state index >= 15 is 0 Å². The molecule has 0 spiro atoms. The number of nitrogens with one attached hydrogen (secondary N) is 1. The molecule has 2 aliphatic heterocycles. The standard InChI is InChI=1S/C17H23N3O3S/c1-2-23-14-5-3-13(4-6-14)16(21)19-7-9-20(10-8-19)17(22)15-11-24-12-18-15/h3-6,15,18H,2,7-12H2,1H3. The van der Waals surface area contributed by atoms with Gasteiger partial charge < -0.3 is 14.5 Å². The summed E-state index contributed by atoms with van der Waals surface area (Å²) in [6.45, 7) is 4.90. The van der Waals surface area contributed by atoms with Gasteiger partial charge in [-0.05, 0) is 31.2 Å². The number of thioether (sulfide) groups is 1. The fourth-order valence-electron chi connectivity index (χ4n) is 2.95. The van der Waals surface area contributed by atoms with Crippen molar-refractivity contribution < 1.29 is 14.3 Å². The summed E-state index contributed by atoms with van der Waals surface area (Å²) in [5.41, 5.74) is 0.659. The number of hydrogen-bond acceptors (Lipinski definition) is 5. The highest BCUT2D eigenvalue weighted by Crippen LogP contribution is 2.16. The van der Waals surface area contributed by atoms with Gasteiger partial charge in [-0.3, -0.25) is 14.9 Å². The number of benzene rings is 1. The van der Waals surface area contributed by atoms with Crippen molar-refractivity contribution in [1.82, 2.24) is 15.1 Å². The first-order valence-corrected chi connectivity index (χ1v) is 9.46. The van der Waals surface area contributed by atoms with E-state index in [1.54, 1.807) is 23.9 Å².